The maximum absolute atomic E-state index is 2.47. The van der Waals surface area contributed by atoms with Crippen LogP contribution < -0.4 is 0 Å². The Hall–Kier alpha value is -1.04. The standard InChI is InChI=1S/C19H28/c1-3-5-6-7-17-10-14-19(15-11-17)18-12-8-16(4-2)9-13-18/h6-9,12-13,17,19H,3-5,10-11,14-15H2,1-2H3/b7-6+/t17-,19-. The molecule has 0 aromatic heterocycles. The van der Waals surface area contributed by atoms with Crippen molar-refractivity contribution < 1.29 is 0 Å². The SMILES string of the molecule is CCC/C=C/[C@H]1CC[C@H](c2ccc(CC)cc2)CC1. The van der Waals surface area contributed by atoms with Crippen LogP contribution in [0.2, 0.25) is 0 Å². The normalized spacial score (nSPS) is 23.9. The molecule has 0 unspecified atom stereocenters. The molecule has 19 heavy (non-hydrogen) atoms. The van der Waals surface area contributed by atoms with Gasteiger partial charge in [-0.3, -0.25) is 0 Å². The van der Waals surface area contributed by atoms with Gasteiger partial charge in [0.1, 0.15) is 0 Å². The highest BCUT2D eigenvalue weighted by atomic mass is 14.3. The molecule has 0 atom stereocenters. The lowest BCUT2D eigenvalue weighted by Gasteiger charge is -2.27. The van der Waals surface area contributed by atoms with Gasteiger partial charge in [0, 0.05) is 0 Å². The van der Waals surface area contributed by atoms with E-state index in [4.69, 9.17) is 0 Å². The topological polar surface area (TPSA) is 0 Å². The van der Waals surface area contributed by atoms with Gasteiger partial charge < -0.3 is 0 Å². The first-order valence-corrected chi connectivity index (χ1v) is 8.09. The van der Waals surface area contributed by atoms with Crippen LogP contribution in [0.1, 0.15) is 69.4 Å². The van der Waals surface area contributed by atoms with E-state index in [9.17, 15) is 0 Å². The number of unbranched alkanes of at least 4 members (excludes halogenated alkanes) is 1. The number of hydrogen-bond acceptors (Lipinski definition) is 0. The summed E-state index contributed by atoms with van der Waals surface area (Å²) in [5.74, 6) is 1.65. The lowest BCUT2D eigenvalue weighted by atomic mass is 9.78. The summed E-state index contributed by atoms with van der Waals surface area (Å²) in [6.45, 7) is 4.48. The highest BCUT2D eigenvalue weighted by molar-refractivity contribution is 5.25. The molecular formula is C19H28. The monoisotopic (exact) mass is 256 g/mol. The molecule has 2 rings (SSSR count). The van der Waals surface area contributed by atoms with E-state index in [1.54, 1.807) is 5.56 Å². The molecule has 0 amide bonds. The van der Waals surface area contributed by atoms with E-state index in [0.717, 1.165) is 18.3 Å². The molecule has 0 spiro atoms. The highest BCUT2D eigenvalue weighted by Crippen LogP contribution is 2.36. The second-order valence-electron chi connectivity index (χ2n) is 5.92. The van der Waals surface area contributed by atoms with Crippen molar-refractivity contribution in [1.82, 2.24) is 0 Å². The summed E-state index contributed by atoms with van der Waals surface area (Å²) in [6.07, 6.45) is 14.0. The van der Waals surface area contributed by atoms with Gasteiger partial charge in [-0.05, 0) is 61.5 Å². The molecule has 0 aliphatic heterocycles. The minimum absolute atomic E-state index is 0.807. The van der Waals surface area contributed by atoms with Crippen LogP contribution in [0.5, 0.6) is 0 Å². The van der Waals surface area contributed by atoms with Crippen molar-refractivity contribution in [3.63, 3.8) is 0 Å². The van der Waals surface area contributed by atoms with E-state index in [0.29, 0.717) is 0 Å². The molecule has 0 saturated heterocycles. The molecule has 0 heterocycles. The van der Waals surface area contributed by atoms with Gasteiger partial charge in [0.05, 0.1) is 0 Å². The average Bonchev–Trinajstić information content (AvgIpc) is 2.48. The molecule has 0 bridgehead atoms. The number of benzene rings is 1. The number of aryl methyl sites for hydroxylation is 1. The fraction of sp³-hybridized carbons (Fsp3) is 0.579. The Kier molecular flexibility index (Phi) is 5.69. The van der Waals surface area contributed by atoms with Gasteiger partial charge >= 0.3 is 0 Å². The van der Waals surface area contributed by atoms with E-state index >= 15 is 0 Å². The summed E-state index contributed by atoms with van der Waals surface area (Å²) in [4.78, 5) is 0. The van der Waals surface area contributed by atoms with Gasteiger partial charge in [0.2, 0.25) is 0 Å². The molecule has 1 fully saturated rings. The van der Waals surface area contributed by atoms with E-state index in [2.05, 4.69) is 50.3 Å². The van der Waals surface area contributed by atoms with Gasteiger partial charge in [-0.2, -0.15) is 0 Å². The molecule has 1 aliphatic rings. The Morgan fingerprint density at radius 2 is 1.68 bits per heavy atom. The van der Waals surface area contributed by atoms with Crippen LogP contribution in [0.15, 0.2) is 36.4 Å². The van der Waals surface area contributed by atoms with E-state index in [1.807, 2.05) is 0 Å². The average molecular weight is 256 g/mol. The Labute approximate surface area is 118 Å². The van der Waals surface area contributed by atoms with Crippen LogP contribution >= 0.6 is 0 Å². The molecule has 1 saturated carbocycles. The molecule has 1 aromatic carbocycles. The van der Waals surface area contributed by atoms with Gasteiger partial charge in [-0.1, -0.05) is 56.7 Å². The Balaban J connectivity index is 1.85. The summed E-state index contributed by atoms with van der Waals surface area (Å²) in [7, 11) is 0. The zero-order valence-electron chi connectivity index (χ0n) is 12.6. The van der Waals surface area contributed by atoms with E-state index in [-0.39, 0.29) is 0 Å². The smallest absolute Gasteiger partial charge is 0.0162 e. The quantitative estimate of drug-likeness (QED) is 0.577. The van der Waals surface area contributed by atoms with Crippen LogP contribution in [-0.2, 0) is 6.42 Å². The molecule has 1 aromatic rings. The second kappa shape index (κ2) is 7.53. The second-order valence-corrected chi connectivity index (χ2v) is 5.92. The van der Waals surface area contributed by atoms with Crippen molar-refractivity contribution in [1.29, 1.82) is 0 Å². The predicted molar refractivity (Wildman–Crippen MR) is 84.6 cm³/mol. The van der Waals surface area contributed by atoms with Gasteiger partial charge in [0.15, 0.2) is 0 Å². The molecule has 1 aliphatic carbocycles. The van der Waals surface area contributed by atoms with Crippen LogP contribution in [0, 0.1) is 5.92 Å². The maximum Gasteiger partial charge on any atom is -0.0162 e. The molecule has 104 valence electrons. The van der Waals surface area contributed by atoms with Crippen molar-refractivity contribution >= 4 is 0 Å². The molecule has 0 heteroatoms. The van der Waals surface area contributed by atoms with Crippen LogP contribution in [0.4, 0.5) is 0 Å². The Morgan fingerprint density at radius 1 is 1.00 bits per heavy atom. The lowest BCUT2D eigenvalue weighted by molar-refractivity contribution is 0.375. The summed E-state index contributed by atoms with van der Waals surface area (Å²) in [6, 6.07) is 9.33. The predicted octanol–water partition coefficient (Wildman–Crippen LogP) is 5.88. The third-order valence-electron chi connectivity index (χ3n) is 4.49. The third kappa shape index (κ3) is 4.23. The minimum atomic E-state index is 0.807. The summed E-state index contributed by atoms with van der Waals surface area (Å²) in [5.41, 5.74) is 3.02. The molecule has 0 N–H and O–H groups in total. The number of hydrogen-bond donors (Lipinski definition) is 0. The third-order valence-corrected chi connectivity index (χ3v) is 4.49. The Morgan fingerprint density at radius 3 is 2.26 bits per heavy atom. The van der Waals surface area contributed by atoms with E-state index < -0.39 is 0 Å². The maximum atomic E-state index is 2.47. The van der Waals surface area contributed by atoms with Crippen molar-refractivity contribution in [3.05, 3.63) is 47.5 Å². The first-order chi connectivity index (χ1) is 9.33. The first kappa shape index (κ1) is 14.4. The fourth-order valence-electron chi connectivity index (χ4n) is 3.13. The largest absolute Gasteiger partial charge is 0.0883 e. The molecule has 0 radical (unpaired) electrons. The minimum Gasteiger partial charge on any atom is -0.0883 e. The van der Waals surface area contributed by atoms with Gasteiger partial charge in [-0.25, -0.2) is 0 Å². The zero-order chi connectivity index (χ0) is 13.5. The summed E-state index contributed by atoms with van der Waals surface area (Å²) >= 11 is 0. The number of allylic oxidation sites excluding steroid dienone is 2. The summed E-state index contributed by atoms with van der Waals surface area (Å²) < 4.78 is 0. The first-order valence-electron chi connectivity index (χ1n) is 8.09. The van der Waals surface area contributed by atoms with Crippen molar-refractivity contribution in [3.8, 4) is 0 Å². The molecular weight excluding hydrogens is 228 g/mol. The van der Waals surface area contributed by atoms with Crippen molar-refractivity contribution in [2.24, 2.45) is 5.92 Å². The van der Waals surface area contributed by atoms with Crippen LogP contribution in [0.3, 0.4) is 0 Å². The highest BCUT2D eigenvalue weighted by Gasteiger charge is 2.20. The van der Waals surface area contributed by atoms with Crippen molar-refractivity contribution in [2.45, 2.75) is 64.7 Å². The van der Waals surface area contributed by atoms with Crippen molar-refractivity contribution in [2.75, 3.05) is 0 Å². The van der Waals surface area contributed by atoms with Gasteiger partial charge in [-0.15, -0.1) is 0 Å². The summed E-state index contributed by atoms with van der Waals surface area (Å²) in [5, 5.41) is 0. The van der Waals surface area contributed by atoms with Crippen LogP contribution in [0.25, 0.3) is 0 Å². The lowest BCUT2D eigenvalue weighted by Crippen LogP contribution is -2.11. The molecule has 0 nitrogen and oxygen atoms in total. The Bertz CT molecular complexity index is 377. The van der Waals surface area contributed by atoms with Crippen LogP contribution in [-0.4, -0.2) is 0 Å². The fourth-order valence-corrected chi connectivity index (χ4v) is 3.13. The number of rotatable bonds is 5. The van der Waals surface area contributed by atoms with E-state index in [1.165, 1.54) is 44.1 Å². The van der Waals surface area contributed by atoms with Gasteiger partial charge in [0.25, 0.3) is 0 Å². The zero-order valence-corrected chi connectivity index (χ0v) is 12.6.